The highest BCUT2D eigenvalue weighted by molar-refractivity contribution is 5.70. The maximum atomic E-state index is 11.1. The first-order chi connectivity index (χ1) is 8.78. The molecule has 3 nitrogen and oxygen atoms in total. The van der Waals surface area contributed by atoms with Crippen LogP contribution in [0.1, 0.15) is 59.8 Å². The molecule has 0 radical (unpaired) electrons. The van der Waals surface area contributed by atoms with Crippen molar-refractivity contribution in [3.05, 3.63) is 0 Å². The van der Waals surface area contributed by atoms with E-state index in [-0.39, 0.29) is 5.92 Å². The number of aliphatic carboxylic acids is 1. The van der Waals surface area contributed by atoms with Crippen molar-refractivity contribution in [2.75, 3.05) is 6.54 Å². The number of carbonyl (C=O) groups is 1. The van der Waals surface area contributed by atoms with E-state index >= 15 is 0 Å². The molecule has 2 fully saturated rings. The molecule has 3 heteroatoms. The fourth-order valence-electron chi connectivity index (χ4n) is 4.51. The van der Waals surface area contributed by atoms with Gasteiger partial charge in [0.2, 0.25) is 0 Å². The summed E-state index contributed by atoms with van der Waals surface area (Å²) in [4.78, 5) is 13.7. The molecule has 4 unspecified atom stereocenters. The van der Waals surface area contributed by atoms with E-state index < -0.39 is 5.97 Å². The highest BCUT2D eigenvalue weighted by Gasteiger charge is 2.39. The molecular weight excluding hydrogens is 238 g/mol. The number of hydrogen-bond donors (Lipinski definition) is 1. The molecule has 4 atom stereocenters. The Morgan fingerprint density at radius 3 is 2.42 bits per heavy atom. The first-order valence-corrected chi connectivity index (χ1v) is 7.77. The second kappa shape index (κ2) is 5.43. The van der Waals surface area contributed by atoms with Gasteiger partial charge in [0.05, 0.1) is 5.92 Å². The van der Waals surface area contributed by atoms with Gasteiger partial charge in [-0.05, 0) is 56.9 Å². The summed E-state index contributed by atoms with van der Waals surface area (Å²) in [5, 5.41) is 9.16. The highest BCUT2D eigenvalue weighted by atomic mass is 16.4. The van der Waals surface area contributed by atoms with Gasteiger partial charge in [0, 0.05) is 12.1 Å². The number of likely N-dealkylation sites (tertiary alicyclic amines) is 1. The third-order valence-electron chi connectivity index (χ3n) is 5.11. The lowest BCUT2D eigenvalue weighted by Crippen LogP contribution is -2.51. The normalized spacial score (nSPS) is 40.0. The summed E-state index contributed by atoms with van der Waals surface area (Å²) in [6, 6.07) is 1.07. The maximum Gasteiger partial charge on any atom is 0.306 e. The lowest BCUT2D eigenvalue weighted by Gasteiger charge is -2.48. The van der Waals surface area contributed by atoms with E-state index in [1.165, 1.54) is 19.3 Å². The van der Waals surface area contributed by atoms with E-state index in [9.17, 15) is 4.79 Å². The molecule has 19 heavy (non-hydrogen) atoms. The Bertz CT molecular complexity index is 340. The Labute approximate surface area is 117 Å². The minimum Gasteiger partial charge on any atom is -0.481 e. The van der Waals surface area contributed by atoms with E-state index in [0.717, 1.165) is 25.3 Å². The lowest BCUT2D eigenvalue weighted by atomic mass is 9.69. The molecule has 1 saturated heterocycles. The summed E-state index contributed by atoms with van der Waals surface area (Å²) in [6.07, 6.45) is 5.51. The SMILES string of the molecule is CC1CC(N2CCC(C(=O)O)CC2C)CC(C)(C)C1. The summed E-state index contributed by atoms with van der Waals surface area (Å²) in [6.45, 7) is 10.3. The van der Waals surface area contributed by atoms with E-state index in [1.807, 2.05) is 0 Å². The van der Waals surface area contributed by atoms with Crippen molar-refractivity contribution >= 4 is 5.97 Å². The van der Waals surface area contributed by atoms with Crippen molar-refractivity contribution in [3.63, 3.8) is 0 Å². The van der Waals surface area contributed by atoms with Crippen LogP contribution in [0.3, 0.4) is 0 Å². The van der Waals surface area contributed by atoms with E-state index in [2.05, 4.69) is 32.6 Å². The molecule has 0 spiro atoms. The zero-order valence-electron chi connectivity index (χ0n) is 12.9. The highest BCUT2D eigenvalue weighted by Crippen LogP contribution is 2.42. The molecular formula is C16H29NO2. The summed E-state index contributed by atoms with van der Waals surface area (Å²) in [7, 11) is 0. The van der Waals surface area contributed by atoms with Crippen LogP contribution in [-0.4, -0.2) is 34.6 Å². The van der Waals surface area contributed by atoms with Crippen LogP contribution < -0.4 is 0 Å². The van der Waals surface area contributed by atoms with E-state index in [4.69, 9.17) is 5.11 Å². The third-order valence-corrected chi connectivity index (χ3v) is 5.11. The minimum atomic E-state index is -0.608. The molecule has 0 amide bonds. The van der Waals surface area contributed by atoms with Gasteiger partial charge in [-0.25, -0.2) is 0 Å². The quantitative estimate of drug-likeness (QED) is 0.833. The zero-order valence-corrected chi connectivity index (χ0v) is 12.9. The molecule has 1 aliphatic heterocycles. The second-order valence-electron chi connectivity index (χ2n) is 7.71. The van der Waals surface area contributed by atoms with Crippen LogP contribution in [0, 0.1) is 17.3 Å². The van der Waals surface area contributed by atoms with Crippen molar-refractivity contribution in [3.8, 4) is 0 Å². The van der Waals surface area contributed by atoms with Crippen LogP contribution in [0.5, 0.6) is 0 Å². The molecule has 1 saturated carbocycles. The van der Waals surface area contributed by atoms with Crippen LogP contribution in [0.25, 0.3) is 0 Å². The summed E-state index contributed by atoms with van der Waals surface area (Å²) in [5.74, 6) is 0.0577. The zero-order chi connectivity index (χ0) is 14.2. The Kier molecular flexibility index (Phi) is 4.24. The second-order valence-corrected chi connectivity index (χ2v) is 7.71. The molecule has 0 aromatic rings. The standard InChI is InChI=1S/C16H29NO2/c1-11-7-14(10-16(3,4)9-11)17-6-5-13(15(18)19)8-12(17)2/h11-14H,5-10H2,1-4H3,(H,18,19). The molecule has 1 aliphatic carbocycles. The molecule has 2 rings (SSSR count). The number of nitrogens with zero attached hydrogens (tertiary/aromatic N) is 1. The van der Waals surface area contributed by atoms with Crippen LogP contribution >= 0.6 is 0 Å². The van der Waals surface area contributed by atoms with E-state index in [1.54, 1.807) is 0 Å². The van der Waals surface area contributed by atoms with Gasteiger partial charge in [-0.1, -0.05) is 20.8 Å². The van der Waals surface area contributed by atoms with Crippen LogP contribution in [-0.2, 0) is 4.79 Å². The van der Waals surface area contributed by atoms with Crippen LogP contribution in [0.4, 0.5) is 0 Å². The molecule has 0 aromatic heterocycles. The number of carboxylic acid groups (broad SMARTS) is 1. The lowest BCUT2D eigenvalue weighted by molar-refractivity contribution is -0.144. The minimum absolute atomic E-state index is 0.125. The van der Waals surface area contributed by atoms with Gasteiger partial charge in [0.1, 0.15) is 0 Å². The maximum absolute atomic E-state index is 11.1. The Morgan fingerprint density at radius 1 is 1.21 bits per heavy atom. The van der Waals surface area contributed by atoms with Gasteiger partial charge in [-0.15, -0.1) is 0 Å². The predicted octanol–water partition coefficient (Wildman–Crippen LogP) is 3.39. The Hall–Kier alpha value is -0.570. The Balaban J connectivity index is 2.00. The fraction of sp³-hybridized carbons (Fsp3) is 0.938. The van der Waals surface area contributed by atoms with Gasteiger partial charge in [-0.3, -0.25) is 9.69 Å². The first-order valence-electron chi connectivity index (χ1n) is 7.77. The van der Waals surface area contributed by atoms with Crippen molar-refractivity contribution in [1.82, 2.24) is 4.90 Å². The van der Waals surface area contributed by atoms with Crippen LogP contribution in [0.15, 0.2) is 0 Å². The number of hydrogen-bond acceptors (Lipinski definition) is 2. The van der Waals surface area contributed by atoms with Crippen molar-refractivity contribution in [2.45, 2.75) is 71.9 Å². The van der Waals surface area contributed by atoms with Crippen molar-refractivity contribution in [2.24, 2.45) is 17.3 Å². The number of piperidine rings is 1. The molecule has 0 aromatic carbocycles. The summed E-state index contributed by atoms with van der Waals surface area (Å²) >= 11 is 0. The molecule has 0 bridgehead atoms. The number of rotatable bonds is 2. The van der Waals surface area contributed by atoms with Crippen molar-refractivity contribution < 1.29 is 9.90 Å². The molecule has 1 heterocycles. The largest absolute Gasteiger partial charge is 0.481 e. The smallest absolute Gasteiger partial charge is 0.306 e. The Morgan fingerprint density at radius 2 is 1.89 bits per heavy atom. The van der Waals surface area contributed by atoms with Gasteiger partial charge < -0.3 is 5.11 Å². The van der Waals surface area contributed by atoms with Gasteiger partial charge in [-0.2, -0.15) is 0 Å². The average Bonchev–Trinajstić information content (AvgIpc) is 2.25. The monoisotopic (exact) mass is 267 g/mol. The van der Waals surface area contributed by atoms with Crippen LogP contribution in [0.2, 0.25) is 0 Å². The van der Waals surface area contributed by atoms with Gasteiger partial charge in [0.25, 0.3) is 0 Å². The third kappa shape index (κ3) is 3.50. The predicted molar refractivity (Wildman–Crippen MR) is 77.1 cm³/mol. The molecule has 110 valence electrons. The first kappa shape index (κ1) is 14.8. The number of carboxylic acids is 1. The summed E-state index contributed by atoms with van der Waals surface area (Å²) < 4.78 is 0. The average molecular weight is 267 g/mol. The van der Waals surface area contributed by atoms with Gasteiger partial charge >= 0.3 is 5.97 Å². The molecule has 2 aliphatic rings. The van der Waals surface area contributed by atoms with Gasteiger partial charge in [0.15, 0.2) is 0 Å². The van der Waals surface area contributed by atoms with Crippen molar-refractivity contribution in [1.29, 1.82) is 0 Å². The summed E-state index contributed by atoms with van der Waals surface area (Å²) in [5.41, 5.74) is 0.436. The topological polar surface area (TPSA) is 40.5 Å². The molecule has 1 N–H and O–H groups in total. The fourth-order valence-corrected chi connectivity index (χ4v) is 4.51. The van der Waals surface area contributed by atoms with E-state index in [0.29, 0.717) is 17.5 Å².